The first-order valence-corrected chi connectivity index (χ1v) is 4.62. The van der Waals surface area contributed by atoms with Crippen LogP contribution in [0.2, 0.25) is 0 Å². The molecule has 0 unspecified atom stereocenters. The van der Waals surface area contributed by atoms with Crippen molar-refractivity contribution in [1.82, 2.24) is 9.78 Å². The normalized spacial score (nSPS) is 12.1. The minimum Gasteiger partial charge on any atom is -0.393 e. The van der Waals surface area contributed by atoms with Crippen LogP contribution in [0.15, 0.2) is 0 Å². The number of hydrogen-bond donors (Lipinski definition) is 1. The minimum absolute atomic E-state index is 0.130. The van der Waals surface area contributed by atoms with Crippen LogP contribution in [0.3, 0.4) is 0 Å². The van der Waals surface area contributed by atoms with Crippen LogP contribution < -0.4 is 5.73 Å². The van der Waals surface area contributed by atoms with Gasteiger partial charge in [-0.2, -0.15) is 4.39 Å². The third kappa shape index (κ3) is 1.55. The number of nitrogens with two attached hydrogens (primary N) is 1. The highest BCUT2D eigenvalue weighted by atomic mass is 127. The van der Waals surface area contributed by atoms with Gasteiger partial charge in [-0.1, -0.05) is 0 Å². The molecule has 0 spiro atoms. The van der Waals surface area contributed by atoms with Crippen molar-refractivity contribution in [3.8, 4) is 0 Å². The van der Waals surface area contributed by atoms with E-state index in [2.05, 4.69) is 5.10 Å². The van der Waals surface area contributed by atoms with Crippen molar-refractivity contribution in [3.05, 3.63) is 9.65 Å². The fourth-order valence-corrected chi connectivity index (χ4v) is 1.88. The van der Waals surface area contributed by atoms with Crippen LogP contribution in [0.5, 0.6) is 0 Å². The van der Waals surface area contributed by atoms with Gasteiger partial charge in [0.25, 0.3) is 5.95 Å². The summed E-state index contributed by atoms with van der Waals surface area (Å²) in [6.07, 6.45) is 0. The van der Waals surface area contributed by atoms with Crippen LogP contribution in [-0.4, -0.2) is 9.78 Å². The number of rotatable bonds is 0. The second-order valence-electron chi connectivity index (χ2n) is 3.58. The van der Waals surface area contributed by atoms with E-state index in [0.29, 0.717) is 3.70 Å². The van der Waals surface area contributed by atoms with Gasteiger partial charge in [-0.3, -0.25) is 0 Å². The molecule has 12 heavy (non-hydrogen) atoms. The van der Waals surface area contributed by atoms with E-state index >= 15 is 0 Å². The molecule has 0 atom stereocenters. The fourth-order valence-electron chi connectivity index (χ4n) is 0.829. The topological polar surface area (TPSA) is 43.8 Å². The molecule has 1 rings (SSSR count). The highest BCUT2D eigenvalue weighted by Crippen LogP contribution is 2.24. The summed E-state index contributed by atoms with van der Waals surface area (Å²) in [6.45, 7) is 5.84. The Kier molecular flexibility index (Phi) is 2.33. The number of aromatic nitrogens is 2. The van der Waals surface area contributed by atoms with Gasteiger partial charge in [0.15, 0.2) is 0 Å². The number of hydrogen-bond acceptors (Lipinski definition) is 2. The maximum Gasteiger partial charge on any atom is 0.256 e. The van der Waals surface area contributed by atoms with E-state index in [4.69, 9.17) is 5.73 Å². The molecule has 0 aromatic carbocycles. The van der Waals surface area contributed by atoms with Crippen LogP contribution in [-0.2, 0) is 5.54 Å². The Bertz CT molecular complexity index is 300. The van der Waals surface area contributed by atoms with Crippen molar-refractivity contribution >= 4 is 28.3 Å². The number of anilines is 1. The maximum atomic E-state index is 12.9. The van der Waals surface area contributed by atoms with Crippen LogP contribution in [0.4, 0.5) is 10.1 Å². The Hall–Kier alpha value is -0.330. The van der Waals surface area contributed by atoms with Crippen molar-refractivity contribution in [2.24, 2.45) is 0 Å². The Morgan fingerprint density at radius 1 is 1.50 bits per heavy atom. The molecule has 0 amide bonds. The van der Waals surface area contributed by atoms with E-state index < -0.39 is 5.95 Å². The average Bonchev–Trinajstić information content (AvgIpc) is 2.15. The first-order valence-electron chi connectivity index (χ1n) is 3.54. The van der Waals surface area contributed by atoms with Gasteiger partial charge >= 0.3 is 0 Å². The highest BCUT2D eigenvalue weighted by molar-refractivity contribution is 14.1. The summed E-state index contributed by atoms with van der Waals surface area (Å²) in [5, 5.41) is 3.70. The zero-order valence-electron chi connectivity index (χ0n) is 7.23. The van der Waals surface area contributed by atoms with E-state index in [9.17, 15) is 4.39 Å². The molecule has 5 heteroatoms. The molecule has 1 heterocycles. The molecule has 2 N–H and O–H groups in total. The summed E-state index contributed by atoms with van der Waals surface area (Å²) in [5.41, 5.74) is 5.34. The van der Waals surface area contributed by atoms with Crippen LogP contribution >= 0.6 is 22.6 Å². The summed E-state index contributed by atoms with van der Waals surface area (Å²) < 4.78 is 15.1. The Morgan fingerprint density at radius 2 is 2.00 bits per heavy atom. The van der Waals surface area contributed by atoms with Gasteiger partial charge in [0.05, 0.1) is 5.54 Å². The molecular weight excluding hydrogens is 272 g/mol. The van der Waals surface area contributed by atoms with Crippen molar-refractivity contribution in [2.45, 2.75) is 26.3 Å². The smallest absolute Gasteiger partial charge is 0.256 e. The molecule has 1 aromatic rings. The van der Waals surface area contributed by atoms with Crippen LogP contribution in [0, 0.1) is 9.65 Å². The minimum atomic E-state index is -0.589. The third-order valence-electron chi connectivity index (χ3n) is 1.45. The molecular formula is C7H11FIN3. The molecule has 0 saturated heterocycles. The van der Waals surface area contributed by atoms with E-state index in [1.807, 2.05) is 43.4 Å². The lowest BCUT2D eigenvalue weighted by Gasteiger charge is -2.19. The predicted octanol–water partition coefficient (Wildman–Crippen LogP) is 1.96. The van der Waals surface area contributed by atoms with Crippen molar-refractivity contribution < 1.29 is 4.39 Å². The summed E-state index contributed by atoms with van der Waals surface area (Å²) in [4.78, 5) is 0. The molecule has 68 valence electrons. The first kappa shape index (κ1) is 9.76. The second-order valence-corrected chi connectivity index (χ2v) is 4.60. The lowest BCUT2D eigenvalue weighted by atomic mass is 10.1. The van der Waals surface area contributed by atoms with Crippen LogP contribution in [0.25, 0.3) is 0 Å². The number of nitrogen functional groups attached to an aromatic ring is 1. The Morgan fingerprint density at radius 3 is 2.17 bits per heavy atom. The molecule has 3 nitrogen and oxygen atoms in total. The quantitative estimate of drug-likeness (QED) is 0.740. The third-order valence-corrected chi connectivity index (χ3v) is 2.49. The van der Waals surface area contributed by atoms with Gasteiger partial charge < -0.3 is 5.73 Å². The predicted molar refractivity (Wildman–Crippen MR) is 54.3 cm³/mol. The van der Waals surface area contributed by atoms with E-state index in [0.717, 1.165) is 0 Å². The molecule has 0 fully saturated rings. The van der Waals surface area contributed by atoms with Crippen LogP contribution in [0.1, 0.15) is 20.8 Å². The number of nitrogens with zero attached hydrogens (tertiary/aromatic N) is 2. The SMILES string of the molecule is CC(C)(C)n1nc(F)c(N)c1I. The summed E-state index contributed by atoms with van der Waals surface area (Å²) >= 11 is 1.99. The van der Waals surface area contributed by atoms with E-state index in [1.54, 1.807) is 4.68 Å². The zero-order chi connectivity index (χ0) is 9.52. The van der Waals surface area contributed by atoms with E-state index in [-0.39, 0.29) is 11.2 Å². The largest absolute Gasteiger partial charge is 0.393 e. The maximum absolute atomic E-state index is 12.9. The summed E-state index contributed by atoms with van der Waals surface area (Å²) in [7, 11) is 0. The van der Waals surface area contributed by atoms with Crippen molar-refractivity contribution in [3.63, 3.8) is 0 Å². The monoisotopic (exact) mass is 283 g/mol. The van der Waals surface area contributed by atoms with Gasteiger partial charge in [0.2, 0.25) is 0 Å². The van der Waals surface area contributed by atoms with Gasteiger partial charge in [0, 0.05) is 0 Å². The van der Waals surface area contributed by atoms with Crippen molar-refractivity contribution in [1.29, 1.82) is 0 Å². The fraction of sp³-hybridized carbons (Fsp3) is 0.571. The molecule has 0 radical (unpaired) electrons. The highest BCUT2D eigenvalue weighted by Gasteiger charge is 2.21. The summed E-state index contributed by atoms with van der Waals surface area (Å²) in [6, 6.07) is 0. The van der Waals surface area contributed by atoms with E-state index in [1.165, 1.54) is 0 Å². The molecule has 0 aliphatic heterocycles. The van der Waals surface area contributed by atoms with Gasteiger partial charge in [-0.25, -0.2) is 4.68 Å². The lowest BCUT2D eigenvalue weighted by molar-refractivity contribution is 0.335. The molecule has 0 aliphatic rings. The average molecular weight is 283 g/mol. The van der Waals surface area contributed by atoms with Gasteiger partial charge in [-0.05, 0) is 43.4 Å². The number of halogens is 2. The molecule has 1 aromatic heterocycles. The molecule has 0 aliphatic carbocycles. The standard InChI is InChI=1S/C7H11FIN3/c1-7(2,3)12-6(9)4(10)5(8)11-12/h10H2,1-3H3. The Labute approximate surface area is 84.3 Å². The zero-order valence-corrected chi connectivity index (χ0v) is 9.39. The lowest BCUT2D eigenvalue weighted by Crippen LogP contribution is -2.24. The molecule has 0 saturated carbocycles. The molecule has 0 bridgehead atoms. The van der Waals surface area contributed by atoms with Crippen molar-refractivity contribution in [2.75, 3.05) is 5.73 Å². The van der Waals surface area contributed by atoms with Gasteiger partial charge in [-0.15, -0.1) is 5.10 Å². The Balaban J connectivity index is 3.28. The second kappa shape index (κ2) is 2.86. The first-order chi connectivity index (χ1) is 5.34. The summed E-state index contributed by atoms with van der Waals surface area (Å²) in [5.74, 6) is -0.589. The van der Waals surface area contributed by atoms with Gasteiger partial charge in [0.1, 0.15) is 9.39 Å².